The van der Waals surface area contributed by atoms with Crippen molar-refractivity contribution in [3.05, 3.63) is 12.7 Å². The molecule has 0 amide bonds. The summed E-state index contributed by atoms with van der Waals surface area (Å²) in [6.45, 7) is 10.5. The fourth-order valence-corrected chi connectivity index (χ4v) is 1.82. The van der Waals surface area contributed by atoms with Crippen LogP contribution in [0.5, 0.6) is 0 Å². The second-order valence-corrected chi connectivity index (χ2v) is 4.25. The van der Waals surface area contributed by atoms with E-state index in [-0.39, 0.29) is 5.60 Å². The predicted octanol–water partition coefficient (Wildman–Crippen LogP) is 3.55. The molecule has 0 aliphatic carbocycles. The highest BCUT2D eigenvalue weighted by Gasteiger charge is 2.49. The van der Waals surface area contributed by atoms with Crippen LogP contribution < -0.4 is 0 Å². The first-order valence-corrected chi connectivity index (χ1v) is 5.46. The molecule has 1 rings (SSSR count). The molecule has 1 nitrogen and oxygen atoms in total. The van der Waals surface area contributed by atoms with E-state index in [0.717, 1.165) is 6.42 Å². The molecule has 1 heteroatoms. The van der Waals surface area contributed by atoms with Crippen LogP contribution in [-0.4, -0.2) is 11.7 Å². The SMILES string of the molecule is C=CC(CC)CCC1OC1(C)CC. The minimum absolute atomic E-state index is 0.208. The van der Waals surface area contributed by atoms with Gasteiger partial charge < -0.3 is 4.74 Å². The molecule has 1 fully saturated rings. The van der Waals surface area contributed by atoms with Gasteiger partial charge in [-0.1, -0.05) is 19.9 Å². The Morgan fingerprint density at radius 3 is 2.62 bits per heavy atom. The average molecular weight is 182 g/mol. The molecule has 0 bridgehead atoms. The Kier molecular flexibility index (Phi) is 3.55. The van der Waals surface area contributed by atoms with Gasteiger partial charge in [0.2, 0.25) is 0 Å². The van der Waals surface area contributed by atoms with Crippen molar-refractivity contribution in [2.24, 2.45) is 5.92 Å². The lowest BCUT2D eigenvalue weighted by Crippen LogP contribution is -2.08. The molecular weight excluding hydrogens is 160 g/mol. The van der Waals surface area contributed by atoms with Crippen molar-refractivity contribution < 1.29 is 4.74 Å². The van der Waals surface area contributed by atoms with E-state index in [4.69, 9.17) is 4.74 Å². The van der Waals surface area contributed by atoms with E-state index < -0.39 is 0 Å². The van der Waals surface area contributed by atoms with Crippen LogP contribution in [0.4, 0.5) is 0 Å². The van der Waals surface area contributed by atoms with Gasteiger partial charge in [-0.25, -0.2) is 0 Å². The number of hydrogen-bond donors (Lipinski definition) is 0. The minimum Gasteiger partial charge on any atom is -0.366 e. The highest BCUT2D eigenvalue weighted by atomic mass is 16.6. The van der Waals surface area contributed by atoms with E-state index in [1.165, 1.54) is 19.3 Å². The van der Waals surface area contributed by atoms with Crippen molar-refractivity contribution in [1.82, 2.24) is 0 Å². The van der Waals surface area contributed by atoms with Crippen molar-refractivity contribution >= 4 is 0 Å². The second-order valence-electron chi connectivity index (χ2n) is 4.25. The zero-order valence-electron chi connectivity index (χ0n) is 9.18. The maximum absolute atomic E-state index is 5.66. The molecule has 0 spiro atoms. The maximum Gasteiger partial charge on any atom is 0.0917 e. The lowest BCUT2D eigenvalue weighted by atomic mass is 9.95. The van der Waals surface area contributed by atoms with Crippen LogP contribution in [-0.2, 0) is 4.74 Å². The number of epoxide rings is 1. The molecule has 13 heavy (non-hydrogen) atoms. The molecule has 1 aliphatic rings. The summed E-state index contributed by atoms with van der Waals surface area (Å²) in [5.41, 5.74) is 0.208. The van der Waals surface area contributed by atoms with Crippen LogP contribution >= 0.6 is 0 Å². The van der Waals surface area contributed by atoms with Crippen LogP contribution in [0.3, 0.4) is 0 Å². The van der Waals surface area contributed by atoms with Crippen LogP contribution in [0.15, 0.2) is 12.7 Å². The number of ether oxygens (including phenoxy) is 1. The third kappa shape index (κ3) is 2.57. The molecule has 3 atom stereocenters. The van der Waals surface area contributed by atoms with Crippen molar-refractivity contribution in [2.75, 3.05) is 0 Å². The Hall–Kier alpha value is -0.300. The molecule has 0 aromatic rings. The number of allylic oxidation sites excluding steroid dienone is 1. The van der Waals surface area contributed by atoms with E-state index >= 15 is 0 Å². The van der Waals surface area contributed by atoms with Crippen LogP contribution in [0.25, 0.3) is 0 Å². The third-order valence-corrected chi connectivity index (χ3v) is 3.39. The Morgan fingerprint density at radius 1 is 1.54 bits per heavy atom. The monoisotopic (exact) mass is 182 g/mol. The lowest BCUT2D eigenvalue weighted by Gasteiger charge is -2.08. The summed E-state index contributed by atoms with van der Waals surface area (Å²) in [4.78, 5) is 0. The summed E-state index contributed by atoms with van der Waals surface area (Å²) in [7, 11) is 0. The third-order valence-electron chi connectivity index (χ3n) is 3.39. The minimum atomic E-state index is 0.208. The normalized spacial score (nSPS) is 34.2. The first-order valence-electron chi connectivity index (χ1n) is 5.46. The van der Waals surface area contributed by atoms with Gasteiger partial charge >= 0.3 is 0 Å². The van der Waals surface area contributed by atoms with Gasteiger partial charge in [0.05, 0.1) is 11.7 Å². The fraction of sp³-hybridized carbons (Fsp3) is 0.833. The Bertz CT molecular complexity index is 176. The second kappa shape index (κ2) is 4.28. The molecule has 1 heterocycles. The molecule has 1 aliphatic heterocycles. The van der Waals surface area contributed by atoms with E-state index in [1.54, 1.807) is 0 Å². The standard InChI is InChI=1S/C12H22O/c1-5-10(6-2)8-9-11-12(4,7-3)13-11/h5,10-11H,1,6-9H2,2-4H3. The van der Waals surface area contributed by atoms with Gasteiger partial charge in [-0.15, -0.1) is 6.58 Å². The molecular formula is C12H22O. The molecule has 0 N–H and O–H groups in total. The molecule has 3 unspecified atom stereocenters. The molecule has 0 radical (unpaired) electrons. The molecule has 76 valence electrons. The topological polar surface area (TPSA) is 12.5 Å². The van der Waals surface area contributed by atoms with Gasteiger partial charge in [-0.2, -0.15) is 0 Å². The van der Waals surface area contributed by atoms with E-state index in [0.29, 0.717) is 12.0 Å². The van der Waals surface area contributed by atoms with Crippen molar-refractivity contribution in [1.29, 1.82) is 0 Å². The Morgan fingerprint density at radius 2 is 2.23 bits per heavy atom. The fourth-order valence-electron chi connectivity index (χ4n) is 1.82. The van der Waals surface area contributed by atoms with Crippen LogP contribution in [0.2, 0.25) is 0 Å². The van der Waals surface area contributed by atoms with Crippen molar-refractivity contribution in [3.8, 4) is 0 Å². The first kappa shape index (κ1) is 10.8. The van der Waals surface area contributed by atoms with Crippen molar-refractivity contribution in [3.63, 3.8) is 0 Å². The summed E-state index contributed by atoms with van der Waals surface area (Å²) in [6.07, 6.45) is 7.38. The molecule has 1 saturated heterocycles. The quantitative estimate of drug-likeness (QED) is 0.452. The average Bonchev–Trinajstić information content (AvgIpc) is 2.80. The highest BCUT2D eigenvalue weighted by molar-refractivity contribution is 4.98. The van der Waals surface area contributed by atoms with Gasteiger partial charge in [0.25, 0.3) is 0 Å². The summed E-state index contributed by atoms with van der Waals surface area (Å²) in [6, 6.07) is 0. The summed E-state index contributed by atoms with van der Waals surface area (Å²) in [5, 5.41) is 0. The summed E-state index contributed by atoms with van der Waals surface area (Å²) in [5.74, 6) is 0.685. The Labute approximate surface area is 82.2 Å². The molecule has 0 aromatic heterocycles. The molecule has 0 saturated carbocycles. The van der Waals surface area contributed by atoms with Crippen LogP contribution in [0, 0.1) is 5.92 Å². The van der Waals surface area contributed by atoms with E-state index in [2.05, 4.69) is 33.4 Å². The first-order chi connectivity index (χ1) is 6.16. The van der Waals surface area contributed by atoms with E-state index in [9.17, 15) is 0 Å². The smallest absolute Gasteiger partial charge is 0.0917 e. The zero-order chi connectivity index (χ0) is 9.90. The zero-order valence-corrected chi connectivity index (χ0v) is 9.18. The van der Waals surface area contributed by atoms with Gasteiger partial charge in [0.15, 0.2) is 0 Å². The highest BCUT2D eigenvalue weighted by Crippen LogP contribution is 2.42. The Balaban J connectivity index is 2.18. The van der Waals surface area contributed by atoms with Gasteiger partial charge in [-0.3, -0.25) is 0 Å². The molecule has 0 aromatic carbocycles. The predicted molar refractivity (Wildman–Crippen MR) is 56.8 cm³/mol. The van der Waals surface area contributed by atoms with Crippen molar-refractivity contribution in [2.45, 2.75) is 58.2 Å². The summed E-state index contributed by atoms with van der Waals surface area (Å²) >= 11 is 0. The van der Waals surface area contributed by atoms with Gasteiger partial charge in [0, 0.05) is 0 Å². The van der Waals surface area contributed by atoms with Gasteiger partial charge in [0.1, 0.15) is 0 Å². The lowest BCUT2D eigenvalue weighted by molar-refractivity contribution is 0.297. The summed E-state index contributed by atoms with van der Waals surface area (Å²) < 4.78 is 5.66. The largest absolute Gasteiger partial charge is 0.366 e. The number of hydrogen-bond acceptors (Lipinski definition) is 1. The number of rotatable bonds is 6. The van der Waals surface area contributed by atoms with Gasteiger partial charge in [-0.05, 0) is 38.5 Å². The van der Waals surface area contributed by atoms with Crippen LogP contribution in [0.1, 0.15) is 46.5 Å². The van der Waals surface area contributed by atoms with E-state index in [1.807, 2.05) is 0 Å². The maximum atomic E-state index is 5.66.